The van der Waals surface area contributed by atoms with Gasteiger partial charge < -0.3 is 15.0 Å². The SMILES string of the molecule is O=C(Cc1cc2c(F)c(F)ccc2[nH]c1=O)N[C@@H]1COc2ncccc21. The lowest BCUT2D eigenvalue weighted by Gasteiger charge is -2.11. The van der Waals surface area contributed by atoms with Crippen LogP contribution in [0.15, 0.2) is 41.3 Å². The highest BCUT2D eigenvalue weighted by molar-refractivity contribution is 5.83. The number of rotatable bonds is 3. The Balaban J connectivity index is 1.57. The van der Waals surface area contributed by atoms with E-state index in [2.05, 4.69) is 15.3 Å². The van der Waals surface area contributed by atoms with Gasteiger partial charge in [0.25, 0.3) is 5.56 Å². The number of nitrogens with one attached hydrogen (secondary N) is 2. The van der Waals surface area contributed by atoms with Crippen molar-refractivity contribution in [2.24, 2.45) is 0 Å². The number of halogens is 2. The number of H-pyrrole nitrogens is 1. The van der Waals surface area contributed by atoms with Crippen LogP contribution in [-0.4, -0.2) is 22.5 Å². The number of hydrogen-bond donors (Lipinski definition) is 2. The molecule has 8 heteroatoms. The Bertz CT molecular complexity index is 1080. The number of amides is 1. The van der Waals surface area contributed by atoms with Crippen LogP contribution >= 0.6 is 0 Å². The van der Waals surface area contributed by atoms with E-state index >= 15 is 0 Å². The van der Waals surface area contributed by atoms with Gasteiger partial charge in [-0.15, -0.1) is 0 Å². The van der Waals surface area contributed by atoms with Crippen molar-refractivity contribution in [3.8, 4) is 5.88 Å². The first-order chi connectivity index (χ1) is 12.5. The first-order valence-corrected chi connectivity index (χ1v) is 7.90. The van der Waals surface area contributed by atoms with Crippen LogP contribution in [0.2, 0.25) is 0 Å². The molecule has 0 fully saturated rings. The Hall–Kier alpha value is -3.29. The lowest BCUT2D eigenvalue weighted by atomic mass is 10.1. The van der Waals surface area contributed by atoms with Gasteiger partial charge in [0.15, 0.2) is 11.6 Å². The maximum absolute atomic E-state index is 13.9. The monoisotopic (exact) mass is 357 g/mol. The molecule has 2 aromatic heterocycles. The molecule has 6 nitrogen and oxygen atoms in total. The van der Waals surface area contributed by atoms with E-state index in [0.29, 0.717) is 5.88 Å². The molecule has 2 N–H and O–H groups in total. The first-order valence-electron chi connectivity index (χ1n) is 7.90. The largest absolute Gasteiger partial charge is 0.475 e. The molecule has 0 bridgehead atoms. The molecule has 132 valence electrons. The molecule has 1 atom stereocenters. The minimum absolute atomic E-state index is 0.0461. The van der Waals surface area contributed by atoms with Crippen molar-refractivity contribution in [3.05, 3.63) is 69.6 Å². The summed E-state index contributed by atoms with van der Waals surface area (Å²) in [5, 5.41) is 2.68. The summed E-state index contributed by atoms with van der Waals surface area (Å²) in [6, 6.07) is 6.57. The lowest BCUT2D eigenvalue weighted by Crippen LogP contribution is -2.32. The van der Waals surface area contributed by atoms with Gasteiger partial charge in [-0.05, 0) is 30.3 Å². The zero-order valence-corrected chi connectivity index (χ0v) is 13.4. The summed E-state index contributed by atoms with van der Waals surface area (Å²) in [5.74, 6) is -2.06. The van der Waals surface area contributed by atoms with Crippen LogP contribution in [0.4, 0.5) is 8.78 Å². The van der Waals surface area contributed by atoms with E-state index in [1.165, 1.54) is 12.1 Å². The van der Waals surface area contributed by atoms with Crippen LogP contribution in [-0.2, 0) is 11.2 Å². The molecular weight excluding hydrogens is 344 g/mol. The summed E-state index contributed by atoms with van der Waals surface area (Å²) >= 11 is 0. The molecule has 0 aliphatic carbocycles. The van der Waals surface area contributed by atoms with Gasteiger partial charge in [0.2, 0.25) is 11.8 Å². The summed E-state index contributed by atoms with van der Waals surface area (Å²) in [7, 11) is 0. The Kier molecular flexibility index (Phi) is 3.87. The van der Waals surface area contributed by atoms with E-state index in [1.807, 2.05) is 0 Å². The summed E-state index contributed by atoms with van der Waals surface area (Å²) in [4.78, 5) is 31.0. The fourth-order valence-corrected chi connectivity index (χ4v) is 2.97. The van der Waals surface area contributed by atoms with E-state index in [4.69, 9.17) is 4.74 Å². The van der Waals surface area contributed by atoms with E-state index in [-0.39, 0.29) is 35.5 Å². The number of aromatic nitrogens is 2. The molecule has 3 aromatic rings. The highest BCUT2D eigenvalue weighted by Crippen LogP contribution is 2.29. The lowest BCUT2D eigenvalue weighted by molar-refractivity contribution is -0.121. The van der Waals surface area contributed by atoms with Gasteiger partial charge in [-0.2, -0.15) is 0 Å². The zero-order chi connectivity index (χ0) is 18.3. The standard InChI is InChI=1S/C18H13F2N3O3/c19-12-3-4-13-11(16(12)20)6-9(17(25)23-13)7-15(24)22-14-8-26-18-10(14)2-1-5-21-18/h1-6,14H,7-8H2,(H,22,24)(H,23,25)/t14-/m1/s1. The summed E-state index contributed by atoms with van der Waals surface area (Å²) in [5.41, 5.74) is 0.442. The van der Waals surface area contributed by atoms with E-state index < -0.39 is 23.1 Å². The third kappa shape index (κ3) is 2.79. The van der Waals surface area contributed by atoms with Gasteiger partial charge in [-0.25, -0.2) is 13.8 Å². The van der Waals surface area contributed by atoms with Crippen molar-refractivity contribution in [1.29, 1.82) is 0 Å². The van der Waals surface area contributed by atoms with Crippen LogP contribution in [0.1, 0.15) is 17.2 Å². The van der Waals surface area contributed by atoms with Gasteiger partial charge >= 0.3 is 0 Å². The first kappa shape index (κ1) is 16.2. The normalized spacial score (nSPS) is 15.5. The Morgan fingerprint density at radius 3 is 3.04 bits per heavy atom. The van der Waals surface area contributed by atoms with Crippen molar-refractivity contribution in [1.82, 2.24) is 15.3 Å². The van der Waals surface area contributed by atoms with Crippen molar-refractivity contribution in [2.45, 2.75) is 12.5 Å². The van der Waals surface area contributed by atoms with Crippen LogP contribution < -0.4 is 15.6 Å². The summed E-state index contributed by atoms with van der Waals surface area (Å²) < 4.78 is 32.7. The number of carbonyl (C=O) groups excluding carboxylic acids is 1. The number of hydrogen-bond acceptors (Lipinski definition) is 4. The fourth-order valence-electron chi connectivity index (χ4n) is 2.97. The number of carbonyl (C=O) groups is 1. The molecule has 3 heterocycles. The number of pyridine rings is 2. The molecule has 0 spiro atoms. The van der Waals surface area contributed by atoms with Crippen molar-refractivity contribution in [2.75, 3.05) is 6.61 Å². The summed E-state index contributed by atoms with van der Waals surface area (Å²) in [6.07, 6.45) is 1.32. The Labute approximate surface area is 145 Å². The number of nitrogens with zero attached hydrogens (tertiary/aromatic N) is 1. The van der Waals surface area contributed by atoms with Gasteiger partial charge in [0.05, 0.1) is 18.0 Å². The number of fused-ring (bicyclic) bond motifs is 2. The van der Waals surface area contributed by atoms with Crippen molar-refractivity contribution in [3.63, 3.8) is 0 Å². The van der Waals surface area contributed by atoms with Gasteiger partial charge in [0.1, 0.15) is 6.61 Å². The zero-order valence-electron chi connectivity index (χ0n) is 13.4. The molecule has 4 rings (SSSR count). The Morgan fingerprint density at radius 1 is 1.35 bits per heavy atom. The van der Waals surface area contributed by atoms with Crippen LogP contribution in [0.25, 0.3) is 10.9 Å². The molecule has 1 aliphatic heterocycles. The van der Waals surface area contributed by atoms with Crippen LogP contribution in [0, 0.1) is 11.6 Å². The maximum Gasteiger partial charge on any atom is 0.252 e. The molecule has 1 aliphatic rings. The second-order valence-electron chi connectivity index (χ2n) is 5.95. The van der Waals surface area contributed by atoms with Crippen molar-refractivity contribution < 1.29 is 18.3 Å². The molecule has 26 heavy (non-hydrogen) atoms. The maximum atomic E-state index is 13.9. The third-order valence-electron chi connectivity index (χ3n) is 4.24. The second-order valence-corrected chi connectivity index (χ2v) is 5.95. The second kappa shape index (κ2) is 6.21. The van der Waals surface area contributed by atoms with E-state index in [9.17, 15) is 18.4 Å². The summed E-state index contributed by atoms with van der Waals surface area (Å²) in [6.45, 7) is 0.242. The average molecular weight is 357 g/mol. The molecule has 1 amide bonds. The fraction of sp³-hybridized carbons (Fsp3) is 0.167. The minimum atomic E-state index is -1.07. The van der Waals surface area contributed by atoms with Gasteiger partial charge in [-0.3, -0.25) is 9.59 Å². The van der Waals surface area contributed by atoms with Crippen LogP contribution in [0.3, 0.4) is 0 Å². The molecule has 1 aromatic carbocycles. The predicted octanol–water partition coefficient (Wildman–Crippen LogP) is 1.99. The average Bonchev–Trinajstić information content (AvgIpc) is 3.03. The predicted molar refractivity (Wildman–Crippen MR) is 88.8 cm³/mol. The van der Waals surface area contributed by atoms with Crippen LogP contribution in [0.5, 0.6) is 5.88 Å². The highest BCUT2D eigenvalue weighted by Gasteiger charge is 2.26. The quantitative estimate of drug-likeness (QED) is 0.751. The van der Waals surface area contributed by atoms with E-state index in [1.54, 1.807) is 18.3 Å². The molecule has 0 saturated carbocycles. The topological polar surface area (TPSA) is 84.1 Å². The minimum Gasteiger partial charge on any atom is -0.475 e. The molecular formula is C18H13F2N3O3. The number of benzene rings is 1. The van der Waals surface area contributed by atoms with E-state index in [0.717, 1.165) is 11.6 Å². The van der Waals surface area contributed by atoms with Gasteiger partial charge in [0, 0.05) is 22.7 Å². The smallest absolute Gasteiger partial charge is 0.252 e. The number of aromatic amines is 1. The highest BCUT2D eigenvalue weighted by atomic mass is 19.2. The third-order valence-corrected chi connectivity index (χ3v) is 4.24. The van der Waals surface area contributed by atoms with Gasteiger partial charge in [-0.1, -0.05) is 0 Å². The molecule has 0 radical (unpaired) electrons. The molecule has 0 unspecified atom stereocenters. The number of ether oxygens (including phenoxy) is 1. The van der Waals surface area contributed by atoms with Crippen molar-refractivity contribution >= 4 is 16.8 Å². The molecule has 0 saturated heterocycles. The Morgan fingerprint density at radius 2 is 2.19 bits per heavy atom.